The number of aromatic nitrogens is 1. The maximum atomic E-state index is 14.6. The highest BCUT2D eigenvalue weighted by molar-refractivity contribution is 7.92. The van der Waals surface area contributed by atoms with Crippen molar-refractivity contribution in [3.63, 3.8) is 0 Å². The summed E-state index contributed by atoms with van der Waals surface area (Å²) in [6, 6.07) is 11.8. The molecule has 2 N–H and O–H groups in total. The van der Waals surface area contributed by atoms with Crippen LogP contribution in [0, 0.1) is 5.82 Å². The van der Waals surface area contributed by atoms with Crippen LogP contribution in [0.5, 0.6) is 0 Å². The number of rotatable bonds is 7. The van der Waals surface area contributed by atoms with E-state index >= 15 is 0 Å². The van der Waals surface area contributed by atoms with Crippen LogP contribution in [0.1, 0.15) is 24.9 Å². The van der Waals surface area contributed by atoms with Gasteiger partial charge in [0, 0.05) is 5.38 Å². The van der Waals surface area contributed by atoms with Crippen molar-refractivity contribution < 1.29 is 12.8 Å². The van der Waals surface area contributed by atoms with Gasteiger partial charge in [-0.1, -0.05) is 48.9 Å². The third-order valence-corrected chi connectivity index (χ3v) is 6.19. The van der Waals surface area contributed by atoms with Crippen LogP contribution in [0.4, 0.5) is 15.9 Å². The average Bonchev–Trinajstić information content (AvgIpc) is 3.15. The van der Waals surface area contributed by atoms with Gasteiger partial charge in [-0.05, 0) is 24.1 Å². The molecular formula is C18H17ClFN3O2S2. The highest BCUT2D eigenvalue weighted by atomic mass is 35.5. The van der Waals surface area contributed by atoms with Crippen LogP contribution in [-0.4, -0.2) is 13.4 Å². The molecule has 1 atom stereocenters. The van der Waals surface area contributed by atoms with E-state index in [0.717, 1.165) is 24.1 Å². The quantitative estimate of drug-likeness (QED) is 0.538. The first-order chi connectivity index (χ1) is 12.9. The molecular weight excluding hydrogens is 409 g/mol. The maximum absolute atomic E-state index is 14.6. The molecule has 0 saturated heterocycles. The van der Waals surface area contributed by atoms with Crippen LogP contribution >= 0.6 is 22.9 Å². The predicted octanol–water partition coefficient (Wildman–Crippen LogP) is 5.30. The van der Waals surface area contributed by atoms with Crippen molar-refractivity contribution >= 4 is 44.5 Å². The molecule has 27 heavy (non-hydrogen) atoms. The van der Waals surface area contributed by atoms with E-state index in [1.165, 1.54) is 22.2 Å². The molecule has 1 aromatic heterocycles. The zero-order valence-electron chi connectivity index (χ0n) is 14.3. The van der Waals surface area contributed by atoms with Crippen molar-refractivity contribution in [1.82, 2.24) is 4.98 Å². The van der Waals surface area contributed by atoms with Gasteiger partial charge in [-0.2, -0.15) is 0 Å². The molecule has 0 aliphatic heterocycles. The molecule has 3 aromatic rings. The number of anilines is 2. The number of nitrogens with zero attached hydrogens (tertiary/aromatic N) is 1. The molecule has 0 bridgehead atoms. The molecule has 0 radical (unpaired) electrons. The number of thiazole rings is 1. The van der Waals surface area contributed by atoms with E-state index in [-0.39, 0.29) is 16.9 Å². The lowest BCUT2D eigenvalue weighted by atomic mass is 10.0. The van der Waals surface area contributed by atoms with Crippen molar-refractivity contribution in [3.8, 4) is 0 Å². The summed E-state index contributed by atoms with van der Waals surface area (Å²) >= 11 is 7.47. The Labute approximate surface area is 166 Å². The molecule has 5 nitrogen and oxygen atoms in total. The normalized spacial score (nSPS) is 12.6. The summed E-state index contributed by atoms with van der Waals surface area (Å²) in [5.41, 5.74) is 2.83. The topological polar surface area (TPSA) is 71.1 Å². The summed E-state index contributed by atoms with van der Waals surface area (Å²) in [7, 11) is -4.13. The van der Waals surface area contributed by atoms with E-state index in [1.54, 1.807) is 0 Å². The number of benzene rings is 2. The van der Waals surface area contributed by atoms with E-state index in [1.807, 2.05) is 37.3 Å². The van der Waals surface area contributed by atoms with Crippen LogP contribution in [-0.2, 0) is 10.0 Å². The monoisotopic (exact) mass is 425 g/mol. The second kappa shape index (κ2) is 8.24. The fourth-order valence-corrected chi connectivity index (χ4v) is 4.52. The number of halogens is 2. The smallest absolute Gasteiger partial charge is 0.266 e. The average molecular weight is 426 g/mol. The highest BCUT2D eigenvalue weighted by Gasteiger charge is 2.23. The van der Waals surface area contributed by atoms with Crippen LogP contribution < -0.4 is 10.0 Å². The van der Waals surface area contributed by atoms with Gasteiger partial charge in [0.1, 0.15) is 10.7 Å². The van der Waals surface area contributed by atoms with Gasteiger partial charge in [0.25, 0.3) is 10.0 Å². The predicted molar refractivity (Wildman–Crippen MR) is 107 cm³/mol. The first-order valence-corrected chi connectivity index (χ1v) is 10.9. The van der Waals surface area contributed by atoms with Gasteiger partial charge < -0.3 is 5.32 Å². The molecule has 9 heteroatoms. The van der Waals surface area contributed by atoms with Gasteiger partial charge in [0.15, 0.2) is 5.82 Å². The Bertz CT molecular complexity index is 1010. The zero-order valence-corrected chi connectivity index (χ0v) is 16.7. The Hall–Kier alpha value is -2.16. The molecule has 0 fully saturated rings. The van der Waals surface area contributed by atoms with Crippen molar-refractivity contribution in [2.75, 3.05) is 10.0 Å². The third-order valence-electron chi connectivity index (χ3n) is 3.92. The van der Waals surface area contributed by atoms with Crippen molar-refractivity contribution in [3.05, 3.63) is 69.8 Å². The van der Waals surface area contributed by atoms with Gasteiger partial charge in [-0.3, -0.25) is 4.72 Å². The number of hydrogen-bond donors (Lipinski definition) is 2. The van der Waals surface area contributed by atoms with Crippen LogP contribution in [0.3, 0.4) is 0 Å². The molecule has 142 valence electrons. The zero-order chi connectivity index (χ0) is 19.4. The summed E-state index contributed by atoms with van der Waals surface area (Å²) in [6.45, 7) is 1.99. The van der Waals surface area contributed by atoms with E-state index in [2.05, 4.69) is 15.0 Å². The number of sulfonamides is 1. The van der Waals surface area contributed by atoms with E-state index in [9.17, 15) is 12.8 Å². The summed E-state index contributed by atoms with van der Waals surface area (Å²) in [5.74, 6) is -0.764. The molecule has 0 amide bonds. The Kier molecular flexibility index (Phi) is 5.98. The lowest BCUT2D eigenvalue weighted by molar-refractivity contribution is 0.570. The van der Waals surface area contributed by atoms with Gasteiger partial charge in [0.05, 0.1) is 22.3 Å². The maximum Gasteiger partial charge on any atom is 0.266 e. The second-order valence-corrected chi connectivity index (χ2v) is 8.53. The Balaban J connectivity index is 1.88. The van der Waals surface area contributed by atoms with Gasteiger partial charge in [-0.25, -0.2) is 17.8 Å². The van der Waals surface area contributed by atoms with Crippen molar-refractivity contribution in [2.24, 2.45) is 0 Å². The van der Waals surface area contributed by atoms with E-state index in [0.29, 0.717) is 5.69 Å². The van der Waals surface area contributed by atoms with Gasteiger partial charge in [0.2, 0.25) is 0 Å². The Morgan fingerprint density at radius 3 is 2.63 bits per heavy atom. The van der Waals surface area contributed by atoms with E-state index in [4.69, 9.17) is 11.6 Å². The molecule has 0 spiro atoms. The lowest BCUT2D eigenvalue weighted by Crippen LogP contribution is -2.16. The molecule has 0 saturated carbocycles. The summed E-state index contributed by atoms with van der Waals surface area (Å²) < 4.78 is 41.6. The van der Waals surface area contributed by atoms with E-state index < -0.39 is 20.7 Å². The van der Waals surface area contributed by atoms with Crippen LogP contribution in [0.25, 0.3) is 0 Å². The first kappa shape index (κ1) is 19.6. The second-order valence-electron chi connectivity index (χ2n) is 5.76. The summed E-state index contributed by atoms with van der Waals surface area (Å²) in [4.78, 5) is 3.31. The summed E-state index contributed by atoms with van der Waals surface area (Å²) in [5, 5.41) is 4.81. The highest BCUT2D eigenvalue weighted by Crippen LogP contribution is 2.32. The Morgan fingerprint density at radius 2 is 2.00 bits per heavy atom. The van der Waals surface area contributed by atoms with Gasteiger partial charge >= 0.3 is 0 Å². The van der Waals surface area contributed by atoms with Crippen LogP contribution in [0.15, 0.2) is 58.3 Å². The molecule has 0 aliphatic carbocycles. The lowest BCUT2D eigenvalue weighted by Gasteiger charge is -2.20. The fraction of sp³-hybridized carbons (Fsp3) is 0.167. The minimum Gasteiger partial charge on any atom is -0.377 e. The fourth-order valence-electron chi connectivity index (χ4n) is 2.59. The molecule has 3 rings (SSSR count). The largest absolute Gasteiger partial charge is 0.377 e. The first-order valence-electron chi connectivity index (χ1n) is 8.12. The molecule has 1 heterocycles. The Morgan fingerprint density at radius 1 is 1.26 bits per heavy atom. The number of hydrogen-bond acceptors (Lipinski definition) is 5. The minimum atomic E-state index is -4.13. The summed E-state index contributed by atoms with van der Waals surface area (Å²) in [6.07, 6.45) is 0.743. The van der Waals surface area contributed by atoms with Crippen molar-refractivity contribution in [1.29, 1.82) is 0 Å². The molecule has 0 aliphatic rings. The van der Waals surface area contributed by atoms with Gasteiger partial charge in [-0.15, -0.1) is 11.3 Å². The standard InChI is InChI=1S/C18H17ClFN3O2S2/c1-2-15(12-6-4-3-5-7-12)22-16-9-14(20)17(8-13(16)19)27(24,25)23-18-10-26-11-21-18/h3-11,15,22-23H,2H2,1H3. The minimum absolute atomic E-state index is 0.0845. The van der Waals surface area contributed by atoms with Crippen LogP contribution in [0.2, 0.25) is 5.02 Å². The molecule has 1 unspecified atom stereocenters. The SMILES string of the molecule is CCC(Nc1cc(F)c(S(=O)(=O)Nc2cscn2)cc1Cl)c1ccccc1. The molecule has 2 aromatic carbocycles. The van der Waals surface area contributed by atoms with Crippen molar-refractivity contribution in [2.45, 2.75) is 24.3 Å². The third kappa shape index (κ3) is 4.58. The number of nitrogens with one attached hydrogen (secondary N) is 2.